The maximum atomic E-state index is 5.31. The van der Waals surface area contributed by atoms with Crippen LogP contribution in [0, 0.1) is 0 Å². The summed E-state index contributed by atoms with van der Waals surface area (Å²) in [4.78, 5) is 17.1. The Labute approximate surface area is 199 Å². The van der Waals surface area contributed by atoms with Gasteiger partial charge in [-0.2, -0.15) is 15.1 Å². The van der Waals surface area contributed by atoms with E-state index in [4.69, 9.17) is 14.7 Å². The summed E-state index contributed by atoms with van der Waals surface area (Å²) >= 11 is 0. The van der Waals surface area contributed by atoms with Gasteiger partial charge in [0.1, 0.15) is 11.6 Å². The standard InChI is InChI=1S/C26H29N7O/c1-34-21-9-7-20(8-10-21)18-33-12-11-22-23-24(30-29-22)27-26(28-25(23)33)32-15-13-31(14-16-32)17-19-5-3-2-4-6-19/h2-10H,11-18H2,1H3,(H,27,28,29,30). The van der Waals surface area contributed by atoms with Gasteiger partial charge in [-0.1, -0.05) is 42.5 Å². The van der Waals surface area contributed by atoms with Crippen molar-refractivity contribution in [3.05, 3.63) is 71.4 Å². The van der Waals surface area contributed by atoms with E-state index in [9.17, 15) is 0 Å². The third-order valence-electron chi connectivity index (χ3n) is 6.82. The van der Waals surface area contributed by atoms with Gasteiger partial charge in [-0.25, -0.2) is 0 Å². The highest BCUT2D eigenvalue weighted by molar-refractivity contribution is 5.91. The summed E-state index contributed by atoms with van der Waals surface area (Å²) in [6.07, 6.45) is 0.893. The van der Waals surface area contributed by atoms with E-state index in [2.05, 4.69) is 67.4 Å². The maximum absolute atomic E-state index is 5.31. The van der Waals surface area contributed by atoms with Gasteiger partial charge in [-0.05, 0) is 23.3 Å². The number of nitrogens with one attached hydrogen (secondary N) is 1. The van der Waals surface area contributed by atoms with E-state index >= 15 is 0 Å². The molecule has 0 atom stereocenters. The number of anilines is 2. The molecule has 6 rings (SSSR count). The Kier molecular flexibility index (Phi) is 5.50. The van der Waals surface area contributed by atoms with E-state index in [-0.39, 0.29) is 0 Å². The van der Waals surface area contributed by atoms with E-state index in [1.165, 1.54) is 11.1 Å². The number of methoxy groups -OCH3 is 1. The summed E-state index contributed by atoms with van der Waals surface area (Å²) < 4.78 is 5.31. The zero-order chi connectivity index (χ0) is 22.9. The number of nitrogens with zero attached hydrogens (tertiary/aromatic N) is 6. The summed E-state index contributed by atoms with van der Waals surface area (Å²) in [5.74, 6) is 2.65. The van der Waals surface area contributed by atoms with Crippen molar-refractivity contribution in [1.29, 1.82) is 0 Å². The Morgan fingerprint density at radius 3 is 2.38 bits per heavy atom. The third-order valence-corrected chi connectivity index (χ3v) is 6.82. The first-order valence-electron chi connectivity index (χ1n) is 11.9. The number of hydrogen-bond acceptors (Lipinski definition) is 7. The van der Waals surface area contributed by atoms with Crippen molar-refractivity contribution >= 4 is 22.8 Å². The third kappa shape index (κ3) is 4.05. The number of piperazine rings is 1. The van der Waals surface area contributed by atoms with Crippen LogP contribution in [0.2, 0.25) is 0 Å². The van der Waals surface area contributed by atoms with Crippen LogP contribution in [0.3, 0.4) is 0 Å². The van der Waals surface area contributed by atoms with E-state index in [1.54, 1.807) is 7.11 Å². The zero-order valence-corrected chi connectivity index (χ0v) is 19.4. The number of aromatic amines is 1. The van der Waals surface area contributed by atoms with Crippen LogP contribution in [0.15, 0.2) is 54.6 Å². The van der Waals surface area contributed by atoms with E-state index in [0.29, 0.717) is 0 Å². The Morgan fingerprint density at radius 2 is 1.62 bits per heavy atom. The predicted octanol–water partition coefficient (Wildman–Crippen LogP) is 3.25. The second-order valence-electron chi connectivity index (χ2n) is 9.01. The number of ether oxygens (including phenoxy) is 1. The average Bonchev–Trinajstić information content (AvgIpc) is 3.31. The van der Waals surface area contributed by atoms with Crippen molar-refractivity contribution in [2.75, 3.05) is 49.6 Å². The first-order chi connectivity index (χ1) is 16.8. The van der Waals surface area contributed by atoms with Crippen molar-refractivity contribution in [3.8, 4) is 5.75 Å². The van der Waals surface area contributed by atoms with E-state index < -0.39 is 0 Å². The Morgan fingerprint density at radius 1 is 0.853 bits per heavy atom. The van der Waals surface area contributed by atoms with Gasteiger partial charge in [-0.15, -0.1) is 0 Å². The summed E-state index contributed by atoms with van der Waals surface area (Å²) in [5, 5.41) is 8.76. The molecule has 0 unspecified atom stereocenters. The van der Waals surface area contributed by atoms with Crippen LogP contribution >= 0.6 is 0 Å². The lowest BCUT2D eigenvalue weighted by atomic mass is 10.1. The molecule has 174 valence electrons. The number of hydrogen-bond donors (Lipinski definition) is 1. The SMILES string of the molecule is COc1ccc(CN2CCc3n[nH]c4nc(N5CCN(Cc6ccccc6)CC5)nc2c34)cc1. The lowest BCUT2D eigenvalue weighted by Crippen LogP contribution is -2.46. The molecule has 0 spiro atoms. The molecule has 4 heterocycles. The van der Waals surface area contributed by atoms with Gasteiger partial charge in [-0.3, -0.25) is 10.00 Å². The molecule has 0 amide bonds. The molecule has 0 bridgehead atoms. The van der Waals surface area contributed by atoms with Crippen molar-refractivity contribution in [1.82, 2.24) is 25.1 Å². The Bertz CT molecular complexity index is 1260. The molecule has 1 N–H and O–H groups in total. The number of rotatable bonds is 6. The molecular weight excluding hydrogens is 426 g/mol. The van der Waals surface area contributed by atoms with Crippen LogP contribution in [0.25, 0.3) is 11.0 Å². The second-order valence-corrected chi connectivity index (χ2v) is 9.01. The maximum Gasteiger partial charge on any atom is 0.229 e. The smallest absolute Gasteiger partial charge is 0.229 e. The van der Waals surface area contributed by atoms with Gasteiger partial charge in [0, 0.05) is 52.2 Å². The van der Waals surface area contributed by atoms with Gasteiger partial charge in [0.15, 0.2) is 5.65 Å². The fraction of sp³-hybridized carbons (Fsp3) is 0.346. The highest BCUT2D eigenvalue weighted by Crippen LogP contribution is 2.33. The minimum absolute atomic E-state index is 0.790. The average molecular weight is 456 g/mol. The zero-order valence-electron chi connectivity index (χ0n) is 19.4. The topological polar surface area (TPSA) is 73.4 Å². The van der Waals surface area contributed by atoms with Crippen molar-refractivity contribution < 1.29 is 4.74 Å². The largest absolute Gasteiger partial charge is 0.497 e. The molecule has 1 saturated heterocycles. The molecule has 0 aliphatic carbocycles. The lowest BCUT2D eigenvalue weighted by molar-refractivity contribution is 0.249. The Hall–Kier alpha value is -3.65. The first kappa shape index (κ1) is 20.9. The highest BCUT2D eigenvalue weighted by atomic mass is 16.5. The number of H-pyrrole nitrogens is 1. The van der Waals surface area contributed by atoms with Crippen molar-refractivity contribution in [3.63, 3.8) is 0 Å². The van der Waals surface area contributed by atoms with Crippen LogP contribution in [0.4, 0.5) is 11.8 Å². The normalized spacial score (nSPS) is 16.3. The summed E-state index contributed by atoms with van der Waals surface area (Å²) in [5.41, 5.74) is 4.49. The van der Waals surface area contributed by atoms with Crippen LogP contribution in [-0.2, 0) is 19.5 Å². The molecule has 4 aromatic rings. The minimum atomic E-state index is 0.790. The van der Waals surface area contributed by atoms with Gasteiger partial charge < -0.3 is 14.5 Å². The molecule has 2 aromatic carbocycles. The highest BCUT2D eigenvalue weighted by Gasteiger charge is 2.27. The fourth-order valence-corrected chi connectivity index (χ4v) is 4.91. The molecule has 0 saturated carbocycles. The molecule has 2 aromatic heterocycles. The molecule has 0 radical (unpaired) electrons. The fourth-order valence-electron chi connectivity index (χ4n) is 4.91. The summed E-state index contributed by atoms with van der Waals surface area (Å²) in [7, 11) is 1.70. The predicted molar refractivity (Wildman–Crippen MR) is 133 cm³/mol. The molecule has 2 aliphatic rings. The molecule has 34 heavy (non-hydrogen) atoms. The molecule has 1 fully saturated rings. The van der Waals surface area contributed by atoms with Gasteiger partial charge in [0.2, 0.25) is 5.95 Å². The second kappa shape index (κ2) is 8.95. The number of aromatic nitrogens is 4. The lowest BCUT2D eigenvalue weighted by Gasteiger charge is -2.35. The molecule has 8 heteroatoms. The first-order valence-corrected chi connectivity index (χ1v) is 11.9. The minimum Gasteiger partial charge on any atom is -0.497 e. The monoisotopic (exact) mass is 455 g/mol. The molecular formula is C26H29N7O. The summed E-state index contributed by atoms with van der Waals surface area (Å²) in [6, 6.07) is 18.9. The molecule has 2 aliphatic heterocycles. The van der Waals surface area contributed by atoms with E-state index in [0.717, 1.165) is 86.5 Å². The van der Waals surface area contributed by atoms with E-state index in [1.807, 2.05) is 12.1 Å². The Balaban J connectivity index is 1.22. The van der Waals surface area contributed by atoms with Gasteiger partial charge >= 0.3 is 0 Å². The number of benzene rings is 2. The summed E-state index contributed by atoms with van der Waals surface area (Å²) in [6.45, 7) is 6.49. The van der Waals surface area contributed by atoms with Crippen LogP contribution in [0.1, 0.15) is 16.8 Å². The molecule has 8 nitrogen and oxygen atoms in total. The van der Waals surface area contributed by atoms with Gasteiger partial charge in [0.25, 0.3) is 0 Å². The van der Waals surface area contributed by atoms with Crippen LogP contribution in [0.5, 0.6) is 5.75 Å². The van der Waals surface area contributed by atoms with Crippen LogP contribution in [-0.4, -0.2) is 64.9 Å². The quantitative estimate of drug-likeness (QED) is 0.478. The van der Waals surface area contributed by atoms with Crippen molar-refractivity contribution in [2.24, 2.45) is 0 Å². The van der Waals surface area contributed by atoms with Gasteiger partial charge in [0.05, 0.1) is 18.2 Å². The van der Waals surface area contributed by atoms with Crippen LogP contribution < -0.4 is 14.5 Å². The van der Waals surface area contributed by atoms with Crippen molar-refractivity contribution in [2.45, 2.75) is 19.5 Å².